The molecule has 3 N–H and O–H groups in total. The molecule has 0 amide bonds. The zero-order valence-electron chi connectivity index (χ0n) is 15.6. The van der Waals surface area contributed by atoms with Gasteiger partial charge in [-0.05, 0) is 68.7 Å². The van der Waals surface area contributed by atoms with Crippen molar-refractivity contribution < 1.29 is 5.11 Å². The fourth-order valence-corrected chi connectivity index (χ4v) is 3.23. The standard InChI is InChI=1S/C18H34N4OS/c1-5-19-17(20-11-8-9-12-22(6-2)7-3)21-15-18(4,23)16-10-13-24-14-16/h10,13-14,23H,5-9,11-12,15H2,1-4H3,(H2,19,20,21). The molecule has 24 heavy (non-hydrogen) atoms. The second-order valence-corrected chi connectivity index (χ2v) is 6.92. The van der Waals surface area contributed by atoms with Crippen molar-refractivity contribution in [1.29, 1.82) is 0 Å². The third-order valence-corrected chi connectivity index (χ3v) is 4.80. The van der Waals surface area contributed by atoms with E-state index < -0.39 is 5.60 Å². The number of rotatable bonds is 11. The maximum atomic E-state index is 10.6. The number of aliphatic imine (C=N–C) groups is 1. The molecule has 0 fully saturated rings. The Bertz CT molecular complexity index is 456. The van der Waals surface area contributed by atoms with E-state index in [1.165, 1.54) is 6.42 Å². The second-order valence-electron chi connectivity index (χ2n) is 6.14. The first-order valence-electron chi connectivity index (χ1n) is 9.03. The third kappa shape index (κ3) is 7.64. The van der Waals surface area contributed by atoms with Crippen LogP contribution in [-0.2, 0) is 5.60 Å². The van der Waals surface area contributed by atoms with E-state index in [2.05, 4.69) is 41.3 Å². The largest absolute Gasteiger partial charge is 0.383 e. The fourth-order valence-electron chi connectivity index (χ4n) is 2.44. The van der Waals surface area contributed by atoms with Crippen LogP contribution in [0.25, 0.3) is 0 Å². The molecule has 0 aromatic carbocycles. The molecule has 0 aliphatic carbocycles. The molecule has 1 rings (SSSR count). The van der Waals surface area contributed by atoms with Gasteiger partial charge in [-0.15, -0.1) is 0 Å². The van der Waals surface area contributed by atoms with Crippen LogP contribution in [0.2, 0.25) is 0 Å². The molecule has 0 saturated carbocycles. The highest BCUT2D eigenvalue weighted by Crippen LogP contribution is 2.23. The van der Waals surface area contributed by atoms with Crippen LogP contribution < -0.4 is 10.6 Å². The van der Waals surface area contributed by atoms with E-state index in [9.17, 15) is 5.11 Å². The Balaban J connectivity index is 2.40. The zero-order chi connectivity index (χ0) is 17.8. The molecule has 1 aromatic heterocycles. The third-order valence-electron chi connectivity index (χ3n) is 4.12. The molecule has 1 aromatic rings. The van der Waals surface area contributed by atoms with E-state index in [1.54, 1.807) is 11.3 Å². The highest BCUT2D eigenvalue weighted by Gasteiger charge is 2.23. The van der Waals surface area contributed by atoms with Gasteiger partial charge in [-0.2, -0.15) is 11.3 Å². The number of unbranched alkanes of at least 4 members (excludes halogenated alkanes) is 1. The normalized spacial score (nSPS) is 14.7. The average molecular weight is 355 g/mol. The molecule has 1 heterocycles. The summed E-state index contributed by atoms with van der Waals surface area (Å²) in [4.78, 5) is 6.99. The van der Waals surface area contributed by atoms with Crippen molar-refractivity contribution in [2.75, 3.05) is 39.3 Å². The minimum atomic E-state index is -0.925. The summed E-state index contributed by atoms with van der Waals surface area (Å²) in [5, 5.41) is 21.1. The quantitative estimate of drug-likeness (QED) is 0.325. The van der Waals surface area contributed by atoms with Gasteiger partial charge in [0, 0.05) is 13.1 Å². The Kier molecular flexibility index (Phi) is 9.98. The van der Waals surface area contributed by atoms with Crippen molar-refractivity contribution >= 4 is 17.3 Å². The predicted octanol–water partition coefficient (Wildman–Crippen LogP) is 2.63. The van der Waals surface area contributed by atoms with Crippen molar-refractivity contribution in [2.24, 2.45) is 4.99 Å². The maximum absolute atomic E-state index is 10.6. The Morgan fingerprint density at radius 3 is 2.58 bits per heavy atom. The molecule has 0 radical (unpaired) electrons. The van der Waals surface area contributed by atoms with Gasteiger partial charge in [0.1, 0.15) is 5.60 Å². The lowest BCUT2D eigenvalue weighted by Crippen LogP contribution is -2.39. The highest BCUT2D eigenvalue weighted by atomic mass is 32.1. The van der Waals surface area contributed by atoms with Gasteiger partial charge in [-0.1, -0.05) is 13.8 Å². The number of hydrogen-bond donors (Lipinski definition) is 3. The van der Waals surface area contributed by atoms with Gasteiger partial charge in [-0.25, -0.2) is 4.99 Å². The van der Waals surface area contributed by atoms with Crippen LogP contribution in [0.15, 0.2) is 21.8 Å². The summed E-state index contributed by atoms with van der Waals surface area (Å²) in [5.74, 6) is 0.774. The topological polar surface area (TPSA) is 59.9 Å². The van der Waals surface area contributed by atoms with E-state index in [4.69, 9.17) is 0 Å². The number of nitrogens with zero attached hydrogens (tertiary/aromatic N) is 2. The Hall–Kier alpha value is -1.11. The van der Waals surface area contributed by atoms with Crippen molar-refractivity contribution in [2.45, 2.75) is 46.1 Å². The van der Waals surface area contributed by atoms with Crippen LogP contribution in [0, 0.1) is 0 Å². The van der Waals surface area contributed by atoms with Crippen LogP contribution in [0.1, 0.15) is 46.1 Å². The van der Waals surface area contributed by atoms with Crippen LogP contribution >= 0.6 is 11.3 Å². The maximum Gasteiger partial charge on any atom is 0.191 e. The summed E-state index contributed by atoms with van der Waals surface area (Å²) >= 11 is 1.59. The molecule has 0 bridgehead atoms. The molecule has 1 atom stereocenters. The first kappa shape index (κ1) is 20.9. The minimum Gasteiger partial charge on any atom is -0.383 e. The second kappa shape index (κ2) is 11.4. The van der Waals surface area contributed by atoms with Gasteiger partial charge in [-0.3, -0.25) is 0 Å². The smallest absolute Gasteiger partial charge is 0.191 e. The minimum absolute atomic E-state index is 0.346. The molecule has 1 unspecified atom stereocenters. The molecule has 138 valence electrons. The summed E-state index contributed by atoms with van der Waals surface area (Å²) in [5.41, 5.74) is -0.00297. The van der Waals surface area contributed by atoms with Crippen molar-refractivity contribution in [1.82, 2.24) is 15.5 Å². The first-order valence-corrected chi connectivity index (χ1v) is 9.97. The van der Waals surface area contributed by atoms with Gasteiger partial charge in [0.25, 0.3) is 0 Å². The van der Waals surface area contributed by atoms with E-state index in [-0.39, 0.29) is 0 Å². The SMILES string of the molecule is CCNC(=NCC(C)(O)c1ccsc1)NCCCCN(CC)CC. The fraction of sp³-hybridized carbons (Fsp3) is 0.722. The van der Waals surface area contributed by atoms with Crippen molar-refractivity contribution in [3.63, 3.8) is 0 Å². The number of nitrogens with one attached hydrogen (secondary N) is 2. The van der Waals surface area contributed by atoms with Crippen LogP contribution in [0.5, 0.6) is 0 Å². The van der Waals surface area contributed by atoms with Gasteiger partial charge in [0.2, 0.25) is 0 Å². The lowest BCUT2D eigenvalue weighted by Gasteiger charge is -2.21. The summed E-state index contributed by atoms with van der Waals surface area (Å²) in [7, 11) is 0. The van der Waals surface area contributed by atoms with Crippen molar-refractivity contribution in [3.05, 3.63) is 22.4 Å². The van der Waals surface area contributed by atoms with Gasteiger partial charge >= 0.3 is 0 Å². The van der Waals surface area contributed by atoms with Crippen molar-refractivity contribution in [3.8, 4) is 0 Å². The predicted molar refractivity (Wildman–Crippen MR) is 105 cm³/mol. The summed E-state index contributed by atoms with van der Waals surface area (Å²) in [6, 6.07) is 1.95. The van der Waals surface area contributed by atoms with E-state index in [1.807, 2.05) is 23.8 Å². The Labute approximate surface area is 151 Å². The van der Waals surface area contributed by atoms with E-state index in [0.717, 1.165) is 50.7 Å². The van der Waals surface area contributed by atoms with E-state index in [0.29, 0.717) is 6.54 Å². The van der Waals surface area contributed by atoms with Crippen LogP contribution in [0.4, 0.5) is 0 Å². The Morgan fingerprint density at radius 1 is 1.25 bits per heavy atom. The van der Waals surface area contributed by atoms with Gasteiger partial charge in [0.05, 0.1) is 6.54 Å². The summed E-state index contributed by atoms with van der Waals surface area (Å²) < 4.78 is 0. The molecule has 0 saturated heterocycles. The van der Waals surface area contributed by atoms with E-state index >= 15 is 0 Å². The molecular weight excluding hydrogens is 320 g/mol. The number of hydrogen-bond acceptors (Lipinski definition) is 4. The molecule has 5 nitrogen and oxygen atoms in total. The lowest BCUT2D eigenvalue weighted by molar-refractivity contribution is 0.0677. The summed E-state index contributed by atoms with van der Waals surface area (Å²) in [6.07, 6.45) is 2.29. The summed E-state index contributed by atoms with van der Waals surface area (Å²) in [6.45, 7) is 13.7. The molecule has 0 aliphatic heterocycles. The highest BCUT2D eigenvalue weighted by molar-refractivity contribution is 7.08. The molecule has 0 aliphatic rings. The molecular formula is C18H34N4OS. The molecule has 6 heteroatoms. The lowest BCUT2D eigenvalue weighted by atomic mass is 10.00. The first-order chi connectivity index (χ1) is 11.5. The number of aliphatic hydroxyl groups is 1. The number of thiophene rings is 1. The Morgan fingerprint density at radius 2 is 2.00 bits per heavy atom. The average Bonchev–Trinajstić information content (AvgIpc) is 3.11. The van der Waals surface area contributed by atoms with Crippen LogP contribution in [0.3, 0.4) is 0 Å². The van der Waals surface area contributed by atoms with Gasteiger partial charge in [0.15, 0.2) is 5.96 Å². The zero-order valence-corrected chi connectivity index (χ0v) is 16.5. The molecule has 0 spiro atoms. The van der Waals surface area contributed by atoms with Crippen LogP contribution in [-0.4, -0.2) is 55.2 Å². The number of guanidine groups is 1. The monoisotopic (exact) mass is 354 g/mol. The van der Waals surface area contributed by atoms with Gasteiger partial charge < -0.3 is 20.6 Å².